The molecule has 0 unspecified atom stereocenters. The molecule has 86 valence electrons. The maximum absolute atomic E-state index is 10.7. The number of rotatable bonds is 4. The highest BCUT2D eigenvalue weighted by atomic mass is 32.2. The van der Waals surface area contributed by atoms with Gasteiger partial charge in [-0.25, -0.2) is 4.79 Å². The van der Waals surface area contributed by atoms with Crippen LogP contribution in [0.2, 0.25) is 0 Å². The van der Waals surface area contributed by atoms with Gasteiger partial charge >= 0.3 is 5.97 Å². The summed E-state index contributed by atoms with van der Waals surface area (Å²) in [6.45, 7) is 0.640. The molecule has 0 radical (unpaired) electrons. The third-order valence-corrected chi connectivity index (χ3v) is 2.79. The van der Waals surface area contributed by atoms with E-state index in [-0.39, 0.29) is 0 Å². The van der Waals surface area contributed by atoms with Gasteiger partial charge in [0.25, 0.3) is 0 Å². The van der Waals surface area contributed by atoms with Crippen LogP contribution in [0.4, 0.5) is 0 Å². The van der Waals surface area contributed by atoms with Crippen molar-refractivity contribution in [2.75, 3.05) is 6.54 Å². The number of carbonyl (C=O) groups excluding carboxylic acids is 1. The van der Waals surface area contributed by atoms with Gasteiger partial charge in [0, 0.05) is 24.4 Å². The minimum atomic E-state index is -1.02. The van der Waals surface area contributed by atoms with Gasteiger partial charge < -0.3 is 16.2 Å². The topological polar surface area (TPSA) is 92.4 Å². The molecule has 0 atom stereocenters. The molecule has 1 heterocycles. The van der Waals surface area contributed by atoms with Crippen LogP contribution in [-0.4, -0.2) is 23.9 Å². The molecule has 0 spiro atoms. The Balaban J connectivity index is 2.80. The Hall–Kier alpha value is -1.69. The quantitative estimate of drug-likeness (QED) is 0.491. The molecular formula is C10H12N2O3S. The first kappa shape index (κ1) is 12.4. The lowest BCUT2D eigenvalue weighted by atomic mass is 10.2. The molecule has 16 heavy (non-hydrogen) atoms. The van der Waals surface area contributed by atoms with Crippen molar-refractivity contribution in [1.82, 2.24) is 5.32 Å². The SMILES string of the molecule is NC1=C(C=O)CCNC=C1S/C=C/C(=O)O. The van der Waals surface area contributed by atoms with Crippen molar-refractivity contribution in [3.8, 4) is 0 Å². The van der Waals surface area contributed by atoms with Crippen LogP contribution in [0, 0.1) is 0 Å². The molecule has 1 rings (SSSR count). The second-order valence-electron chi connectivity index (χ2n) is 3.03. The number of hydrogen-bond donors (Lipinski definition) is 3. The highest BCUT2D eigenvalue weighted by Crippen LogP contribution is 2.25. The number of carboxylic acids is 1. The number of carboxylic acid groups (broad SMARTS) is 1. The van der Waals surface area contributed by atoms with Gasteiger partial charge in [0.2, 0.25) is 0 Å². The van der Waals surface area contributed by atoms with Crippen LogP contribution in [-0.2, 0) is 9.59 Å². The molecule has 0 saturated heterocycles. The van der Waals surface area contributed by atoms with E-state index in [1.165, 1.54) is 5.41 Å². The fraction of sp³-hybridized carbons (Fsp3) is 0.200. The van der Waals surface area contributed by atoms with Gasteiger partial charge in [-0.2, -0.15) is 0 Å². The number of nitrogens with one attached hydrogen (secondary N) is 1. The molecule has 6 heteroatoms. The van der Waals surface area contributed by atoms with E-state index >= 15 is 0 Å². The first-order valence-corrected chi connectivity index (χ1v) is 5.47. The van der Waals surface area contributed by atoms with Crippen LogP contribution in [0.15, 0.2) is 33.9 Å². The molecule has 0 aromatic rings. The van der Waals surface area contributed by atoms with Gasteiger partial charge in [0.05, 0.1) is 10.6 Å². The number of nitrogens with two attached hydrogens (primary N) is 1. The van der Waals surface area contributed by atoms with Crippen molar-refractivity contribution < 1.29 is 14.7 Å². The molecule has 0 saturated carbocycles. The maximum atomic E-state index is 10.7. The number of aldehydes is 1. The molecule has 1 aliphatic rings. The van der Waals surface area contributed by atoms with Crippen LogP contribution in [0.1, 0.15) is 6.42 Å². The van der Waals surface area contributed by atoms with E-state index < -0.39 is 5.97 Å². The Kier molecular flexibility index (Phi) is 4.65. The number of thioether (sulfide) groups is 1. The summed E-state index contributed by atoms with van der Waals surface area (Å²) in [4.78, 5) is 21.7. The first-order chi connectivity index (χ1) is 7.65. The number of hydrogen-bond acceptors (Lipinski definition) is 5. The van der Waals surface area contributed by atoms with Gasteiger partial charge in [-0.05, 0) is 11.8 Å². The molecule has 1 aliphatic heterocycles. The van der Waals surface area contributed by atoms with E-state index in [0.717, 1.165) is 24.1 Å². The van der Waals surface area contributed by atoms with Gasteiger partial charge in [0.15, 0.2) is 0 Å². The highest BCUT2D eigenvalue weighted by molar-refractivity contribution is 8.06. The van der Waals surface area contributed by atoms with Gasteiger partial charge in [-0.3, -0.25) is 4.79 Å². The van der Waals surface area contributed by atoms with Crippen molar-refractivity contribution in [2.45, 2.75) is 6.42 Å². The van der Waals surface area contributed by atoms with Crippen molar-refractivity contribution >= 4 is 24.0 Å². The molecule has 0 aromatic carbocycles. The third kappa shape index (κ3) is 3.47. The fourth-order valence-corrected chi connectivity index (χ4v) is 1.87. The molecule has 0 aromatic heterocycles. The predicted octanol–water partition coefficient (Wildman–Crippen LogP) is 0.564. The molecule has 0 aliphatic carbocycles. The number of aliphatic carboxylic acids is 1. The molecule has 0 amide bonds. The second-order valence-corrected chi connectivity index (χ2v) is 3.98. The second kappa shape index (κ2) is 6.02. The lowest BCUT2D eigenvalue weighted by molar-refractivity contribution is -0.131. The van der Waals surface area contributed by atoms with Crippen molar-refractivity contribution in [3.63, 3.8) is 0 Å². The van der Waals surface area contributed by atoms with Crippen LogP contribution < -0.4 is 11.1 Å². The summed E-state index contributed by atoms with van der Waals surface area (Å²) in [6, 6.07) is 0. The minimum Gasteiger partial charge on any atom is -0.478 e. The van der Waals surface area contributed by atoms with Gasteiger partial charge in [0.1, 0.15) is 6.29 Å². The molecule has 0 bridgehead atoms. The van der Waals surface area contributed by atoms with Crippen molar-refractivity contribution in [2.24, 2.45) is 5.73 Å². The zero-order valence-electron chi connectivity index (χ0n) is 8.47. The van der Waals surface area contributed by atoms with E-state index in [1.54, 1.807) is 6.20 Å². The highest BCUT2D eigenvalue weighted by Gasteiger charge is 2.10. The summed E-state index contributed by atoms with van der Waals surface area (Å²) in [5.74, 6) is -1.02. The Morgan fingerprint density at radius 2 is 2.38 bits per heavy atom. The summed E-state index contributed by atoms with van der Waals surface area (Å²) >= 11 is 1.16. The summed E-state index contributed by atoms with van der Waals surface area (Å²) in [6.07, 6.45) is 4.00. The van der Waals surface area contributed by atoms with E-state index in [9.17, 15) is 9.59 Å². The normalized spacial score (nSPS) is 16.6. The molecule has 5 nitrogen and oxygen atoms in total. The number of carbonyl (C=O) groups is 2. The van der Waals surface area contributed by atoms with Crippen LogP contribution in [0.25, 0.3) is 0 Å². The minimum absolute atomic E-state index is 0.403. The Bertz CT molecular complexity index is 386. The zero-order chi connectivity index (χ0) is 12.0. The maximum Gasteiger partial charge on any atom is 0.328 e. The lowest BCUT2D eigenvalue weighted by Crippen LogP contribution is -2.06. The Morgan fingerprint density at radius 3 is 3.00 bits per heavy atom. The third-order valence-electron chi connectivity index (χ3n) is 1.93. The first-order valence-electron chi connectivity index (χ1n) is 4.59. The summed E-state index contributed by atoms with van der Waals surface area (Å²) < 4.78 is 0. The summed E-state index contributed by atoms with van der Waals surface area (Å²) in [7, 11) is 0. The Morgan fingerprint density at radius 1 is 1.62 bits per heavy atom. The van der Waals surface area contributed by atoms with E-state index in [4.69, 9.17) is 10.8 Å². The van der Waals surface area contributed by atoms with Crippen molar-refractivity contribution in [1.29, 1.82) is 0 Å². The van der Waals surface area contributed by atoms with Crippen LogP contribution >= 0.6 is 11.8 Å². The summed E-state index contributed by atoms with van der Waals surface area (Å²) in [5.41, 5.74) is 6.73. The average molecular weight is 240 g/mol. The largest absolute Gasteiger partial charge is 0.478 e. The predicted molar refractivity (Wildman–Crippen MR) is 62.3 cm³/mol. The zero-order valence-corrected chi connectivity index (χ0v) is 9.29. The smallest absolute Gasteiger partial charge is 0.328 e. The molecule has 4 N–H and O–H groups in total. The fourth-order valence-electron chi connectivity index (χ4n) is 1.13. The van der Waals surface area contributed by atoms with Crippen molar-refractivity contribution in [3.05, 3.63) is 33.9 Å². The lowest BCUT2D eigenvalue weighted by Gasteiger charge is -2.04. The Labute approximate surface area is 97.1 Å². The monoisotopic (exact) mass is 240 g/mol. The van der Waals surface area contributed by atoms with Gasteiger partial charge in [-0.15, -0.1) is 0 Å². The molecule has 0 fully saturated rings. The standard InChI is InChI=1S/C10H12N2O3S/c11-10-7(6-13)1-3-12-5-8(10)16-4-2-9(14)15/h2,4-6,12H,1,3,11H2,(H,14,15)/b4-2+. The molecular weight excluding hydrogens is 228 g/mol. The van der Waals surface area contributed by atoms with E-state index in [2.05, 4.69) is 5.32 Å². The van der Waals surface area contributed by atoms with E-state index in [0.29, 0.717) is 29.1 Å². The van der Waals surface area contributed by atoms with Crippen LogP contribution in [0.3, 0.4) is 0 Å². The van der Waals surface area contributed by atoms with E-state index in [1.807, 2.05) is 0 Å². The van der Waals surface area contributed by atoms with Gasteiger partial charge in [-0.1, -0.05) is 11.8 Å². The average Bonchev–Trinajstić information content (AvgIpc) is 2.41. The summed E-state index contributed by atoms with van der Waals surface area (Å²) in [5, 5.41) is 12.8. The van der Waals surface area contributed by atoms with Crippen LogP contribution in [0.5, 0.6) is 0 Å².